The molecular weight excluding hydrogens is 188 g/mol. The molecule has 0 aromatic carbocycles. The number of nitrogens with zero attached hydrogens (tertiary/aromatic N) is 1. The molecule has 82 valence electrons. The molecule has 3 nitrogen and oxygen atoms in total. The van der Waals surface area contributed by atoms with Crippen LogP contribution in [0.15, 0.2) is 10.9 Å². The number of aryl methyl sites for hydroxylation is 1. The monoisotopic (exact) mass is 206 g/mol. The molecule has 0 radical (unpaired) electrons. The van der Waals surface area contributed by atoms with Gasteiger partial charge in [0.2, 0.25) is 0 Å². The predicted octanol–water partition coefficient (Wildman–Crippen LogP) is 2.24. The first-order chi connectivity index (χ1) is 7.15. The van der Waals surface area contributed by atoms with E-state index in [1.165, 1.54) is 12.8 Å². The summed E-state index contributed by atoms with van der Waals surface area (Å²) in [6, 6.07) is 1.65. The van der Waals surface area contributed by atoms with E-state index in [1.54, 1.807) is 6.07 Å². The smallest absolute Gasteiger partial charge is 0.251 e. The molecule has 2 rings (SSSR count). The van der Waals surface area contributed by atoms with Gasteiger partial charge in [0.25, 0.3) is 5.56 Å². The molecule has 3 heteroatoms. The van der Waals surface area contributed by atoms with Gasteiger partial charge in [-0.25, -0.2) is 4.98 Å². The standard InChI is InChI=1S/C12H18N2O/c1-8(2)3-6-11-13-10(9-4-5-9)7-12(15)14-11/h7-9H,3-6H2,1-2H3,(H,13,14,15). The lowest BCUT2D eigenvalue weighted by Crippen LogP contribution is -2.13. The molecule has 0 amide bonds. The van der Waals surface area contributed by atoms with Crippen LogP contribution in [0.5, 0.6) is 0 Å². The van der Waals surface area contributed by atoms with Gasteiger partial charge in [-0.05, 0) is 25.2 Å². The summed E-state index contributed by atoms with van der Waals surface area (Å²) in [6.07, 6.45) is 4.35. The fourth-order valence-corrected chi connectivity index (χ4v) is 1.66. The van der Waals surface area contributed by atoms with Gasteiger partial charge in [-0.1, -0.05) is 13.8 Å². The van der Waals surface area contributed by atoms with Crippen LogP contribution in [0.2, 0.25) is 0 Å². The zero-order chi connectivity index (χ0) is 10.8. The van der Waals surface area contributed by atoms with Crippen LogP contribution >= 0.6 is 0 Å². The highest BCUT2D eigenvalue weighted by Gasteiger charge is 2.25. The number of nitrogens with one attached hydrogen (secondary N) is 1. The van der Waals surface area contributed by atoms with Crippen LogP contribution < -0.4 is 5.56 Å². The van der Waals surface area contributed by atoms with E-state index in [2.05, 4.69) is 23.8 Å². The number of hydrogen-bond acceptors (Lipinski definition) is 2. The molecule has 15 heavy (non-hydrogen) atoms. The van der Waals surface area contributed by atoms with Crippen LogP contribution in [0, 0.1) is 5.92 Å². The Balaban J connectivity index is 2.12. The van der Waals surface area contributed by atoms with Gasteiger partial charge in [0.1, 0.15) is 5.82 Å². The third-order valence-electron chi connectivity index (χ3n) is 2.76. The summed E-state index contributed by atoms with van der Waals surface area (Å²) in [5, 5.41) is 0. The van der Waals surface area contributed by atoms with Gasteiger partial charge in [-0.15, -0.1) is 0 Å². The van der Waals surface area contributed by atoms with Gasteiger partial charge < -0.3 is 4.98 Å². The maximum atomic E-state index is 11.4. The Morgan fingerprint density at radius 1 is 1.53 bits per heavy atom. The van der Waals surface area contributed by atoms with Gasteiger partial charge in [-0.2, -0.15) is 0 Å². The molecule has 0 bridgehead atoms. The highest BCUT2D eigenvalue weighted by molar-refractivity contribution is 5.14. The van der Waals surface area contributed by atoms with Crippen LogP contribution in [-0.2, 0) is 6.42 Å². The highest BCUT2D eigenvalue weighted by Crippen LogP contribution is 2.38. The lowest BCUT2D eigenvalue weighted by atomic mass is 10.1. The van der Waals surface area contributed by atoms with Gasteiger partial charge in [0.15, 0.2) is 0 Å². The summed E-state index contributed by atoms with van der Waals surface area (Å²) >= 11 is 0. The second-order valence-corrected chi connectivity index (χ2v) is 4.82. The summed E-state index contributed by atoms with van der Waals surface area (Å²) in [6.45, 7) is 4.37. The summed E-state index contributed by atoms with van der Waals surface area (Å²) in [5.74, 6) is 2.07. The van der Waals surface area contributed by atoms with E-state index in [4.69, 9.17) is 0 Å². The molecule has 0 aliphatic heterocycles. The predicted molar refractivity (Wildman–Crippen MR) is 60.0 cm³/mol. The number of hydrogen-bond donors (Lipinski definition) is 1. The summed E-state index contributed by atoms with van der Waals surface area (Å²) < 4.78 is 0. The minimum absolute atomic E-state index is 0.00524. The van der Waals surface area contributed by atoms with Crippen LogP contribution in [0.3, 0.4) is 0 Å². The first kappa shape index (κ1) is 10.4. The Labute approximate surface area is 89.9 Å². The third-order valence-corrected chi connectivity index (χ3v) is 2.76. The van der Waals surface area contributed by atoms with Crippen molar-refractivity contribution in [1.82, 2.24) is 9.97 Å². The van der Waals surface area contributed by atoms with Crippen LogP contribution in [0.25, 0.3) is 0 Å². The van der Waals surface area contributed by atoms with Gasteiger partial charge >= 0.3 is 0 Å². The minimum atomic E-state index is 0.00524. The quantitative estimate of drug-likeness (QED) is 0.821. The molecule has 1 N–H and O–H groups in total. The normalized spacial score (nSPS) is 15.9. The molecule has 1 aliphatic carbocycles. The number of rotatable bonds is 4. The largest absolute Gasteiger partial charge is 0.311 e. The van der Waals surface area contributed by atoms with Crippen molar-refractivity contribution in [2.75, 3.05) is 0 Å². The molecular formula is C12H18N2O. The second kappa shape index (κ2) is 4.17. The van der Waals surface area contributed by atoms with Crippen molar-refractivity contribution in [1.29, 1.82) is 0 Å². The first-order valence-corrected chi connectivity index (χ1v) is 5.75. The van der Waals surface area contributed by atoms with Crippen LogP contribution in [-0.4, -0.2) is 9.97 Å². The Hall–Kier alpha value is -1.12. The lowest BCUT2D eigenvalue weighted by molar-refractivity contribution is 0.572. The molecule has 1 fully saturated rings. The van der Waals surface area contributed by atoms with Crippen molar-refractivity contribution in [2.24, 2.45) is 5.92 Å². The Morgan fingerprint density at radius 3 is 2.87 bits per heavy atom. The fourth-order valence-electron chi connectivity index (χ4n) is 1.66. The maximum Gasteiger partial charge on any atom is 0.251 e. The molecule has 0 saturated heterocycles. The fraction of sp³-hybridized carbons (Fsp3) is 0.667. The SMILES string of the molecule is CC(C)CCc1nc(C2CC2)cc(=O)[nH]1. The van der Waals surface area contributed by atoms with E-state index < -0.39 is 0 Å². The van der Waals surface area contributed by atoms with Crippen molar-refractivity contribution in [3.8, 4) is 0 Å². The van der Waals surface area contributed by atoms with Crippen molar-refractivity contribution in [3.05, 3.63) is 27.9 Å². The summed E-state index contributed by atoms with van der Waals surface area (Å²) in [7, 11) is 0. The average molecular weight is 206 g/mol. The minimum Gasteiger partial charge on any atom is -0.311 e. The van der Waals surface area contributed by atoms with Crippen LogP contribution in [0.4, 0.5) is 0 Å². The van der Waals surface area contributed by atoms with Crippen molar-refractivity contribution >= 4 is 0 Å². The molecule has 1 saturated carbocycles. The number of aromatic amines is 1. The van der Waals surface area contributed by atoms with E-state index in [0.29, 0.717) is 11.8 Å². The van der Waals surface area contributed by atoms with Crippen LogP contribution in [0.1, 0.15) is 50.5 Å². The second-order valence-electron chi connectivity index (χ2n) is 4.82. The number of aromatic nitrogens is 2. The van der Waals surface area contributed by atoms with E-state index in [0.717, 1.165) is 24.4 Å². The van der Waals surface area contributed by atoms with E-state index in [1.807, 2.05) is 0 Å². The van der Waals surface area contributed by atoms with E-state index in [-0.39, 0.29) is 5.56 Å². The molecule has 1 heterocycles. The molecule has 1 aromatic heterocycles. The molecule has 0 atom stereocenters. The summed E-state index contributed by atoms with van der Waals surface area (Å²) in [4.78, 5) is 18.7. The van der Waals surface area contributed by atoms with Crippen molar-refractivity contribution < 1.29 is 0 Å². The molecule has 0 spiro atoms. The average Bonchev–Trinajstić information content (AvgIpc) is 2.97. The lowest BCUT2D eigenvalue weighted by Gasteiger charge is -2.05. The van der Waals surface area contributed by atoms with Gasteiger partial charge in [-0.3, -0.25) is 4.79 Å². The highest BCUT2D eigenvalue weighted by atomic mass is 16.1. The Kier molecular flexibility index (Phi) is 2.89. The van der Waals surface area contributed by atoms with E-state index in [9.17, 15) is 4.79 Å². The molecule has 1 aliphatic rings. The van der Waals surface area contributed by atoms with Gasteiger partial charge in [0.05, 0.1) is 5.69 Å². The topological polar surface area (TPSA) is 45.8 Å². The molecule has 1 aromatic rings. The zero-order valence-corrected chi connectivity index (χ0v) is 9.42. The molecule has 0 unspecified atom stereocenters. The Morgan fingerprint density at radius 2 is 2.27 bits per heavy atom. The Bertz CT molecular complexity index is 391. The van der Waals surface area contributed by atoms with E-state index >= 15 is 0 Å². The zero-order valence-electron chi connectivity index (χ0n) is 9.42. The van der Waals surface area contributed by atoms with Crippen molar-refractivity contribution in [3.63, 3.8) is 0 Å². The first-order valence-electron chi connectivity index (χ1n) is 5.75. The maximum absolute atomic E-state index is 11.4. The van der Waals surface area contributed by atoms with Crippen molar-refractivity contribution in [2.45, 2.75) is 45.4 Å². The van der Waals surface area contributed by atoms with Gasteiger partial charge in [0, 0.05) is 18.4 Å². The summed E-state index contributed by atoms with van der Waals surface area (Å²) in [5.41, 5.74) is 1.00. The third kappa shape index (κ3) is 2.91. The number of H-pyrrole nitrogens is 1.